The molecule has 4 rings (SSSR count). The monoisotopic (exact) mass is 370 g/mol. The van der Waals surface area contributed by atoms with Gasteiger partial charge < -0.3 is 9.64 Å². The highest BCUT2D eigenvalue weighted by Crippen LogP contribution is 2.31. The molecular weight excluding hydrogens is 344 g/mol. The molecule has 0 aromatic carbocycles. The Labute approximate surface area is 159 Å². The Bertz CT molecular complexity index is 786. The molecule has 2 aromatic heterocycles. The highest BCUT2D eigenvalue weighted by Gasteiger charge is 2.32. The molecule has 2 aliphatic rings. The van der Waals surface area contributed by atoms with Gasteiger partial charge in [-0.15, -0.1) is 0 Å². The second kappa shape index (κ2) is 8.14. The Hall–Kier alpha value is -2.32. The number of carbonyl (C=O) groups excluding carboxylic acids is 1. The van der Waals surface area contributed by atoms with Gasteiger partial charge >= 0.3 is 0 Å². The van der Waals surface area contributed by atoms with Crippen LogP contribution >= 0.6 is 0 Å². The normalized spacial score (nSPS) is 20.9. The maximum Gasteiger partial charge on any atom is 0.237 e. The van der Waals surface area contributed by atoms with E-state index in [-0.39, 0.29) is 11.9 Å². The number of hydrogen-bond acceptors (Lipinski definition) is 6. The summed E-state index contributed by atoms with van der Waals surface area (Å²) >= 11 is 0. The number of rotatable bonds is 5. The Kier molecular flexibility index (Phi) is 5.45. The first-order valence-electron chi connectivity index (χ1n) is 9.70. The zero-order valence-corrected chi connectivity index (χ0v) is 15.8. The lowest BCUT2D eigenvalue weighted by Crippen LogP contribution is -2.44. The quantitative estimate of drug-likeness (QED) is 0.788. The van der Waals surface area contributed by atoms with Crippen molar-refractivity contribution < 1.29 is 9.53 Å². The van der Waals surface area contributed by atoms with E-state index in [1.165, 1.54) is 0 Å². The first-order valence-corrected chi connectivity index (χ1v) is 9.70. The van der Waals surface area contributed by atoms with Crippen LogP contribution in [-0.2, 0) is 16.0 Å². The second-order valence-corrected chi connectivity index (χ2v) is 7.00. The van der Waals surface area contributed by atoms with Gasteiger partial charge in [-0.25, -0.2) is 9.97 Å². The molecule has 0 aliphatic carbocycles. The topological polar surface area (TPSA) is 76.4 Å². The number of likely N-dealkylation sites (tertiary alicyclic amines) is 1. The fourth-order valence-corrected chi connectivity index (χ4v) is 3.87. The van der Waals surface area contributed by atoms with Crippen LogP contribution in [-0.4, -0.2) is 74.6 Å². The summed E-state index contributed by atoms with van der Waals surface area (Å²) < 4.78 is 7.34. The lowest BCUT2D eigenvalue weighted by Gasteiger charge is -2.30. The van der Waals surface area contributed by atoms with Crippen molar-refractivity contribution in [3.63, 3.8) is 0 Å². The highest BCUT2D eigenvalue weighted by atomic mass is 16.5. The van der Waals surface area contributed by atoms with Gasteiger partial charge in [0.2, 0.25) is 5.91 Å². The lowest BCUT2D eigenvalue weighted by atomic mass is 10.1. The second-order valence-electron chi connectivity index (χ2n) is 7.00. The van der Waals surface area contributed by atoms with E-state index in [4.69, 9.17) is 9.72 Å². The molecule has 0 saturated carbocycles. The van der Waals surface area contributed by atoms with Crippen LogP contribution in [0.4, 0.5) is 0 Å². The molecule has 8 nitrogen and oxygen atoms in total. The first-order chi connectivity index (χ1) is 13.3. The van der Waals surface area contributed by atoms with Crippen molar-refractivity contribution in [2.24, 2.45) is 0 Å². The fourth-order valence-electron chi connectivity index (χ4n) is 3.87. The molecule has 144 valence electrons. The van der Waals surface area contributed by atoms with Crippen molar-refractivity contribution in [2.45, 2.75) is 32.2 Å². The van der Waals surface area contributed by atoms with Crippen LogP contribution in [0.25, 0.3) is 5.82 Å². The number of amides is 1. The van der Waals surface area contributed by atoms with Gasteiger partial charge in [0.25, 0.3) is 0 Å². The number of imidazole rings is 1. The summed E-state index contributed by atoms with van der Waals surface area (Å²) in [6.45, 7) is 6.35. The summed E-state index contributed by atoms with van der Waals surface area (Å²) in [4.78, 5) is 30.6. The van der Waals surface area contributed by atoms with Crippen molar-refractivity contribution in [3.05, 3.63) is 36.3 Å². The summed E-state index contributed by atoms with van der Waals surface area (Å²) in [6, 6.07) is -0.000381. The van der Waals surface area contributed by atoms with E-state index >= 15 is 0 Å². The number of aromatic nitrogens is 4. The summed E-state index contributed by atoms with van der Waals surface area (Å²) in [5, 5.41) is 0. The molecule has 1 atom stereocenters. The van der Waals surface area contributed by atoms with Gasteiger partial charge in [-0.05, 0) is 12.8 Å². The van der Waals surface area contributed by atoms with E-state index in [0.717, 1.165) is 56.2 Å². The highest BCUT2D eigenvalue weighted by molar-refractivity contribution is 5.79. The molecule has 8 heteroatoms. The Balaban J connectivity index is 1.51. The molecule has 0 bridgehead atoms. The standard InChI is InChI=1S/C19H26N6O2/c1-2-17-21-5-7-25(17)18-13-20-12-15(22-18)16-4-3-6-24(16)19(26)14-23-8-10-27-11-9-23/h5,7,12-13,16H,2-4,6,8-11,14H2,1H3/t16-/m1/s1. The van der Waals surface area contributed by atoms with Gasteiger partial charge in [-0.3, -0.25) is 19.2 Å². The zero-order valence-electron chi connectivity index (χ0n) is 15.8. The molecule has 2 saturated heterocycles. The smallest absolute Gasteiger partial charge is 0.237 e. The third-order valence-corrected chi connectivity index (χ3v) is 5.30. The lowest BCUT2D eigenvalue weighted by molar-refractivity contribution is -0.134. The van der Waals surface area contributed by atoms with Gasteiger partial charge in [0, 0.05) is 38.4 Å². The van der Waals surface area contributed by atoms with Crippen molar-refractivity contribution in [2.75, 3.05) is 39.4 Å². The summed E-state index contributed by atoms with van der Waals surface area (Å²) in [6.07, 6.45) is 9.97. The van der Waals surface area contributed by atoms with E-state index in [0.29, 0.717) is 19.8 Å². The van der Waals surface area contributed by atoms with Gasteiger partial charge in [-0.2, -0.15) is 0 Å². The Morgan fingerprint density at radius 1 is 1.26 bits per heavy atom. The van der Waals surface area contributed by atoms with Crippen LogP contribution in [0.2, 0.25) is 0 Å². The summed E-state index contributed by atoms with van der Waals surface area (Å²) in [5.74, 6) is 1.88. The van der Waals surface area contributed by atoms with Gasteiger partial charge in [-0.1, -0.05) is 6.92 Å². The number of morpholine rings is 1. The van der Waals surface area contributed by atoms with Crippen molar-refractivity contribution >= 4 is 5.91 Å². The maximum atomic E-state index is 12.9. The minimum absolute atomic E-state index is 0.000381. The average Bonchev–Trinajstić information content (AvgIpc) is 3.38. The minimum atomic E-state index is -0.000381. The molecule has 0 N–H and O–H groups in total. The molecule has 0 spiro atoms. The van der Waals surface area contributed by atoms with Crippen molar-refractivity contribution in [3.8, 4) is 5.82 Å². The number of nitrogens with zero attached hydrogens (tertiary/aromatic N) is 6. The molecule has 2 fully saturated rings. The van der Waals surface area contributed by atoms with Crippen molar-refractivity contribution in [1.82, 2.24) is 29.3 Å². The van der Waals surface area contributed by atoms with Crippen LogP contribution in [0.5, 0.6) is 0 Å². The van der Waals surface area contributed by atoms with E-state index in [1.807, 2.05) is 15.7 Å². The van der Waals surface area contributed by atoms with Crippen molar-refractivity contribution in [1.29, 1.82) is 0 Å². The SMILES string of the molecule is CCc1nccn1-c1cncc([C@H]2CCCN2C(=O)CN2CCOCC2)n1. The molecule has 0 unspecified atom stereocenters. The van der Waals surface area contributed by atoms with E-state index < -0.39 is 0 Å². The van der Waals surface area contributed by atoms with Crippen LogP contribution in [0.15, 0.2) is 24.8 Å². The molecule has 4 heterocycles. The average molecular weight is 370 g/mol. The first kappa shape index (κ1) is 18.1. The number of carbonyl (C=O) groups is 1. The molecule has 0 radical (unpaired) electrons. The predicted octanol–water partition coefficient (Wildman–Crippen LogP) is 1.22. The molecular formula is C19H26N6O2. The number of aryl methyl sites for hydroxylation is 1. The molecule has 27 heavy (non-hydrogen) atoms. The zero-order chi connectivity index (χ0) is 18.6. The molecule has 2 aromatic rings. The van der Waals surface area contributed by atoms with E-state index in [2.05, 4.69) is 21.8 Å². The maximum absolute atomic E-state index is 12.9. The molecule has 2 aliphatic heterocycles. The van der Waals surface area contributed by atoms with E-state index in [1.54, 1.807) is 18.6 Å². The number of ether oxygens (including phenoxy) is 1. The van der Waals surface area contributed by atoms with Gasteiger partial charge in [0.1, 0.15) is 5.82 Å². The fraction of sp³-hybridized carbons (Fsp3) is 0.579. The summed E-state index contributed by atoms with van der Waals surface area (Å²) in [7, 11) is 0. The minimum Gasteiger partial charge on any atom is -0.379 e. The van der Waals surface area contributed by atoms with Gasteiger partial charge in [0.05, 0.1) is 43.9 Å². The van der Waals surface area contributed by atoms with Gasteiger partial charge in [0.15, 0.2) is 5.82 Å². The van der Waals surface area contributed by atoms with Crippen LogP contribution in [0.1, 0.15) is 37.3 Å². The third-order valence-electron chi connectivity index (χ3n) is 5.30. The third kappa shape index (κ3) is 3.86. The van der Waals surface area contributed by atoms with Crippen LogP contribution < -0.4 is 0 Å². The van der Waals surface area contributed by atoms with Crippen LogP contribution in [0, 0.1) is 0 Å². The number of hydrogen-bond donors (Lipinski definition) is 0. The molecule has 1 amide bonds. The van der Waals surface area contributed by atoms with Crippen LogP contribution in [0.3, 0.4) is 0 Å². The predicted molar refractivity (Wildman–Crippen MR) is 99.5 cm³/mol. The Morgan fingerprint density at radius 3 is 2.93 bits per heavy atom. The summed E-state index contributed by atoms with van der Waals surface area (Å²) in [5.41, 5.74) is 0.857. The van der Waals surface area contributed by atoms with E-state index in [9.17, 15) is 4.79 Å². The Morgan fingerprint density at radius 2 is 2.11 bits per heavy atom. The largest absolute Gasteiger partial charge is 0.379 e.